The number of anilines is 1. The summed E-state index contributed by atoms with van der Waals surface area (Å²) < 4.78 is 0.757. The van der Waals surface area contributed by atoms with Crippen molar-refractivity contribution < 1.29 is 0 Å². The minimum absolute atomic E-state index is 0.218. The third-order valence-electron chi connectivity index (χ3n) is 2.11. The van der Waals surface area contributed by atoms with E-state index in [4.69, 9.17) is 5.73 Å². The zero-order valence-electron chi connectivity index (χ0n) is 8.83. The van der Waals surface area contributed by atoms with Crippen molar-refractivity contribution in [3.05, 3.63) is 23.3 Å². The van der Waals surface area contributed by atoms with Crippen LogP contribution in [0.25, 0.3) is 11.2 Å². The average molecular weight is 324 g/mol. The Hall–Kier alpha value is -1.74. The fourth-order valence-electron chi connectivity index (χ4n) is 1.35. The molecule has 0 fully saturated rings. The van der Waals surface area contributed by atoms with Crippen LogP contribution < -0.4 is 5.73 Å². The highest BCUT2D eigenvalue weighted by Crippen LogP contribution is 2.32. The van der Waals surface area contributed by atoms with Crippen LogP contribution in [0.5, 0.6) is 0 Å². The molecule has 0 radical (unpaired) electrons. The van der Waals surface area contributed by atoms with Crippen molar-refractivity contribution in [3.8, 4) is 0 Å². The Morgan fingerprint density at radius 2 is 2.06 bits per heavy atom. The molecule has 0 unspecified atom stereocenters. The Bertz CT molecular complexity index is 713. The molecule has 7 nitrogen and oxygen atoms in total. The maximum Gasteiger partial charge on any atom is 0.221 e. The standard InChI is InChI=1S/C9H6BrN7S/c10-4-1-12-9(11)17-7(4)18-8-5-6(14-2-13-5)15-3-16-8/h1-3H,(H2,11,12,17)(H,13,14,15,16). The second-order valence-corrected chi connectivity index (χ2v) is 5.10. The average Bonchev–Trinajstić information content (AvgIpc) is 2.83. The van der Waals surface area contributed by atoms with Crippen molar-refractivity contribution in [3.63, 3.8) is 0 Å². The maximum absolute atomic E-state index is 5.56. The number of nitrogens with one attached hydrogen (secondary N) is 1. The molecule has 0 spiro atoms. The number of H-pyrrole nitrogens is 1. The zero-order valence-corrected chi connectivity index (χ0v) is 11.2. The summed E-state index contributed by atoms with van der Waals surface area (Å²) in [6.07, 6.45) is 4.65. The van der Waals surface area contributed by atoms with Gasteiger partial charge in [0.15, 0.2) is 5.65 Å². The topological polar surface area (TPSA) is 106 Å². The molecule has 90 valence electrons. The fraction of sp³-hybridized carbons (Fsp3) is 0. The molecule has 9 heteroatoms. The Morgan fingerprint density at radius 1 is 1.17 bits per heavy atom. The highest BCUT2D eigenvalue weighted by Gasteiger charge is 2.11. The molecular weight excluding hydrogens is 318 g/mol. The molecule has 0 saturated carbocycles. The van der Waals surface area contributed by atoms with Crippen molar-refractivity contribution in [2.24, 2.45) is 0 Å². The van der Waals surface area contributed by atoms with E-state index in [1.807, 2.05) is 0 Å². The first-order valence-electron chi connectivity index (χ1n) is 4.84. The molecule has 0 saturated heterocycles. The van der Waals surface area contributed by atoms with E-state index in [1.54, 1.807) is 12.5 Å². The molecule has 3 aromatic heterocycles. The first-order chi connectivity index (χ1) is 8.74. The second-order valence-electron chi connectivity index (χ2n) is 3.26. The smallest absolute Gasteiger partial charge is 0.221 e. The van der Waals surface area contributed by atoms with Gasteiger partial charge in [-0.15, -0.1) is 0 Å². The third-order valence-corrected chi connectivity index (χ3v) is 3.96. The summed E-state index contributed by atoms with van der Waals surface area (Å²) in [6, 6.07) is 0. The quantitative estimate of drug-likeness (QED) is 0.690. The summed E-state index contributed by atoms with van der Waals surface area (Å²) in [6.45, 7) is 0. The van der Waals surface area contributed by atoms with Crippen LogP contribution in [0.2, 0.25) is 0 Å². The lowest BCUT2D eigenvalue weighted by molar-refractivity contribution is 1.03. The van der Waals surface area contributed by atoms with Crippen molar-refractivity contribution in [2.45, 2.75) is 10.1 Å². The number of nitrogens with two attached hydrogens (primary N) is 1. The third kappa shape index (κ3) is 2.02. The number of aromatic amines is 1. The van der Waals surface area contributed by atoms with Crippen LogP contribution in [0.15, 0.2) is 33.4 Å². The number of aromatic nitrogens is 6. The van der Waals surface area contributed by atoms with Crippen LogP contribution in [-0.4, -0.2) is 29.9 Å². The van der Waals surface area contributed by atoms with E-state index in [2.05, 4.69) is 45.8 Å². The van der Waals surface area contributed by atoms with Gasteiger partial charge in [-0.3, -0.25) is 0 Å². The molecule has 0 aromatic carbocycles. The molecule has 0 aliphatic rings. The number of nitrogens with zero attached hydrogens (tertiary/aromatic N) is 5. The first-order valence-corrected chi connectivity index (χ1v) is 6.45. The largest absolute Gasteiger partial charge is 0.368 e. The highest BCUT2D eigenvalue weighted by atomic mass is 79.9. The van der Waals surface area contributed by atoms with Crippen molar-refractivity contribution >= 4 is 44.8 Å². The van der Waals surface area contributed by atoms with E-state index in [9.17, 15) is 0 Å². The van der Waals surface area contributed by atoms with Gasteiger partial charge in [-0.2, -0.15) is 0 Å². The van der Waals surface area contributed by atoms with Crippen molar-refractivity contribution in [1.29, 1.82) is 0 Å². The predicted octanol–water partition coefficient (Wildman–Crippen LogP) is 1.64. The summed E-state index contributed by atoms with van der Waals surface area (Å²) in [7, 11) is 0. The SMILES string of the molecule is Nc1ncc(Br)c(Sc2ncnc3nc[nH]c23)n1. The Kier molecular flexibility index (Phi) is 2.84. The lowest BCUT2D eigenvalue weighted by Gasteiger charge is -2.03. The number of imidazole rings is 1. The van der Waals surface area contributed by atoms with E-state index in [0.29, 0.717) is 10.7 Å². The summed E-state index contributed by atoms with van der Waals surface area (Å²) in [4.78, 5) is 23.4. The summed E-state index contributed by atoms with van der Waals surface area (Å²) in [5, 5.41) is 1.42. The molecule has 0 atom stereocenters. The van der Waals surface area contributed by atoms with Crippen LogP contribution >= 0.6 is 27.7 Å². The van der Waals surface area contributed by atoms with Gasteiger partial charge in [0.1, 0.15) is 21.9 Å². The van der Waals surface area contributed by atoms with Gasteiger partial charge in [-0.1, -0.05) is 0 Å². The molecule has 0 bridgehead atoms. The number of nitrogen functional groups attached to an aromatic ring is 1. The van der Waals surface area contributed by atoms with Gasteiger partial charge in [-0.25, -0.2) is 24.9 Å². The normalized spacial score (nSPS) is 10.9. The summed E-state index contributed by atoms with van der Waals surface area (Å²) >= 11 is 4.73. The van der Waals surface area contributed by atoms with E-state index in [-0.39, 0.29) is 5.95 Å². The molecule has 0 amide bonds. The van der Waals surface area contributed by atoms with Gasteiger partial charge < -0.3 is 10.7 Å². The molecular formula is C9H6BrN7S. The van der Waals surface area contributed by atoms with Crippen LogP contribution in [-0.2, 0) is 0 Å². The predicted molar refractivity (Wildman–Crippen MR) is 70.0 cm³/mol. The molecule has 0 aliphatic heterocycles. The van der Waals surface area contributed by atoms with Crippen LogP contribution in [0.3, 0.4) is 0 Å². The second kappa shape index (κ2) is 4.50. The van der Waals surface area contributed by atoms with Gasteiger partial charge in [0.05, 0.1) is 10.8 Å². The fourth-order valence-corrected chi connectivity index (χ4v) is 2.61. The minimum atomic E-state index is 0.218. The molecule has 3 rings (SSSR count). The summed E-state index contributed by atoms with van der Waals surface area (Å²) in [5.74, 6) is 0.218. The number of hydrogen-bond donors (Lipinski definition) is 2. The lowest BCUT2D eigenvalue weighted by atomic mass is 10.6. The number of hydrogen-bond acceptors (Lipinski definition) is 7. The van der Waals surface area contributed by atoms with Crippen LogP contribution in [0.4, 0.5) is 5.95 Å². The maximum atomic E-state index is 5.56. The van der Waals surface area contributed by atoms with Crippen molar-refractivity contribution in [2.75, 3.05) is 5.73 Å². The van der Waals surface area contributed by atoms with Gasteiger partial charge in [0.25, 0.3) is 0 Å². The first kappa shape index (κ1) is 11.4. The van der Waals surface area contributed by atoms with Gasteiger partial charge in [0.2, 0.25) is 5.95 Å². The highest BCUT2D eigenvalue weighted by molar-refractivity contribution is 9.10. The summed E-state index contributed by atoms with van der Waals surface area (Å²) in [5.41, 5.74) is 6.95. The van der Waals surface area contributed by atoms with E-state index >= 15 is 0 Å². The lowest BCUT2D eigenvalue weighted by Crippen LogP contribution is -1.96. The van der Waals surface area contributed by atoms with Gasteiger partial charge in [0, 0.05) is 6.20 Å². The Labute approximate surface area is 114 Å². The Balaban J connectivity index is 2.06. The van der Waals surface area contributed by atoms with E-state index in [0.717, 1.165) is 15.0 Å². The van der Waals surface area contributed by atoms with Gasteiger partial charge >= 0.3 is 0 Å². The number of rotatable bonds is 2. The van der Waals surface area contributed by atoms with E-state index < -0.39 is 0 Å². The van der Waals surface area contributed by atoms with Crippen molar-refractivity contribution in [1.82, 2.24) is 29.9 Å². The zero-order chi connectivity index (χ0) is 12.5. The Morgan fingerprint density at radius 3 is 2.94 bits per heavy atom. The molecule has 3 N–H and O–H groups in total. The molecule has 3 heterocycles. The van der Waals surface area contributed by atoms with Crippen LogP contribution in [0.1, 0.15) is 0 Å². The number of fused-ring (bicyclic) bond motifs is 1. The minimum Gasteiger partial charge on any atom is -0.368 e. The molecule has 0 aliphatic carbocycles. The molecule has 18 heavy (non-hydrogen) atoms. The van der Waals surface area contributed by atoms with E-state index in [1.165, 1.54) is 18.1 Å². The van der Waals surface area contributed by atoms with Crippen LogP contribution in [0, 0.1) is 0 Å². The van der Waals surface area contributed by atoms with Gasteiger partial charge in [-0.05, 0) is 27.7 Å². The monoisotopic (exact) mass is 323 g/mol. The number of halogens is 1. The molecule has 3 aromatic rings.